The highest BCUT2D eigenvalue weighted by atomic mass is 16.2. The van der Waals surface area contributed by atoms with E-state index in [2.05, 4.69) is 22.2 Å². The van der Waals surface area contributed by atoms with Crippen molar-refractivity contribution in [3.05, 3.63) is 40.8 Å². The highest BCUT2D eigenvalue weighted by Gasteiger charge is 2.19. The van der Waals surface area contributed by atoms with Crippen LogP contribution in [0.25, 0.3) is 21.8 Å². The molecule has 7 nitrogen and oxygen atoms in total. The molecule has 2 aromatic heterocycles. The van der Waals surface area contributed by atoms with Crippen molar-refractivity contribution in [1.29, 1.82) is 0 Å². The fraction of sp³-hybridized carbons (Fsp3) is 0.476. The summed E-state index contributed by atoms with van der Waals surface area (Å²) in [5.41, 5.74) is 1.21. The molecule has 0 radical (unpaired) electrons. The van der Waals surface area contributed by atoms with Gasteiger partial charge in [-0.1, -0.05) is 18.2 Å². The van der Waals surface area contributed by atoms with Crippen LogP contribution < -0.4 is 10.9 Å². The molecule has 0 saturated carbocycles. The lowest BCUT2D eigenvalue weighted by Gasteiger charge is -2.23. The number of carbonyl (C=O) groups excluding carboxylic acids is 1. The zero-order chi connectivity index (χ0) is 19.7. The topological polar surface area (TPSA) is 72.2 Å². The van der Waals surface area contributed by atoms with Gasteiger partial charge < -0.3 is 14.8 Å². The number of hydrogen-bond donors (Lipinski definition) is 1. The molecule has 1 fully saturated rings. The Morgan fingerprint density at radius 1 is 1.21 bits per heavy atom. The van der Waals surface area contributed by atoms with Gasteiger partial charge in [0, 0.05) is 35.9 Å². The first-order valence-electron chi connectivity index (χ1n) is 10.0. The highest BCUT2D eigenvalue weighted by Crippen LogP contribution is 2.26. The molecule has 0 aliphatic carbocycles. The van der Waals surface area contributed by atoms with E-state index in [0.29, 0.717) is 18.1 Å². The minimum Gasteiger partial charge on any atom is -0.354 e. The Balaban J connectivity index is 1.52. The van der Waals surface area contributed by atoms with E-state index in [1.54, 1.807) is 13.2 Å². The standard InChI is InChI=1S/C21H27N5O2/c1-15(25-11-5-6-12-25)9-10-22-19(27)14-26-18-8-4-3-7-16(18)17-13-23-24(2)21(28)20(17)26/h3-4,7-8,13,15H,5-6,9-12,14H2,1-2H3,(H,22,27)/t15-/m1/s1. The second-order valence-corrected chi connectivity index (χ2v) is 7.67. The van der Waals surface area contributed by atoms with Crippen molar-refractivity contribution in [2.75, 3.05) is 19.6 Å². The van der Waals surface area contributed by atoms with Crippen molar-refractivity contribution in [3.63, 3.8) is 0 Å². The number of aryl methyl sites for hydroxylation is 1. The van der Waals surface area contributed by atoms with Crippen LogP contribution in [0.1, 0.15) is 26.2 Å². The molecule has 1 amide bonds. The Labute approximate surface area is 163 Å². The Morgan fingerprint density at radius 3 is 2.75 bits per heavy atom. The average Bonchev–Trinajstić information content (AvgIpc) is 3.32. The maximum Gasteiger partial charge on any atom is 0.291 e. The number of rotatable bonds is 6. The molecule has 1 aliphatic rings. The van der Waals surface area contributed by atoms with Crippen LogP contribution in [0.4, 0.5) is 0 Å². The molecule has 7 heteroatoms. The number of para-hydroxylation sites is 1. The van der Waals surface area contributed by atoms with Crippen molar-refractivity contribution in [2.24, 2.45) is 7.05 Å². The van der Waals surface area contributed by atoms with Gasteiger partial charge in [-0.2, -0.15) is 5.10 Å². The zero-order valence-electron chi connectivity index (χ0n) is 16.5. The van der Waals surface area contributed by atoms with Crippen LogP contribution >= 0.6 is 0 Å². The van der Waals surface area contributed by atoms with Gasteiger partial charge in [-0.05, 0) is 45.3 Å². The van der Waals surface area contributed by atoms with Crippen molar-refractivity contribution in [3.8, 4) is 0 Å². The van der Waals surface area contributed by atoms with Crippen LogP contribution in [-0.4, -0.2) is 50.8 Å². The molecule has 1 N–H and O–H groups in total. The number of carbonyl (C=O) groups is 1. The van der Waals surface area contributed by atoms with E-state index in [4.69, 9.17) is 0 Å². The third kappa shape index (κ3) is 3.42. The first-order valence-corrected chi connectivity index (χ1v) is 10.0. The van der Waals surface area contributed by atoms with Gasteiger partial charge in [0.2, 0.25) is 5.91 Å². The van der Waals surface area contributed by atoms with Crippen molar-refractivity contribution >= 4 is 27.7 Å². The van der Waals surface area contributed by atoms with Gasteiger partial charge in [0.25, 0.3) is 5.56 Å². The van der Waals surface area contributed by atoms with Gasteiger partial charge in [0.05, 0.1) is 6.20 Å². The first kappa shape index (κ1) is 18.7. The lowest BCUT2D eigenvalue weighted by Crippen LogP contribution is -2.35. The fourth-order valence-electron chi connectivity index (χ4n) is 4.19. The summed E-state index contributed by atoms with van der Waals surface area (Å²) in [5, 5.41) is 8.90. The van der Waals surface area contributed by atoms with Gasteiger partial charge in [0.1, 0.15) is 12.1 Å². The number of nitrogens with zero attached hydrogens (tertiary/aromatic N) is 4. The molecular formula is C21H27N5O2. The molecule has 0 unspecified atom stereocenters. The Hall–Kier alpha value is -2.67. The summed E-state index contributed by atoms with van der Waals surface area (Å²) in [7, 11) is 1.63. The van der Waals surface area contributed by atoms with Gasteiger partial charge in [-0.3, -0.25) is 9.59 Å². The lowest BCUT2D eigenvalue weighted by atomic mass is 10.2. The highest BCUT2D eigenvalue weighted by molar-refractivity contribution is 6.07. The SMILES string of the molecule is C[C@H](CCNC(=O)Cn1c2ccccc2c2cnn(C)c(=O)c21)N1CCCC1. The second-order valence-electron chi connectivity index (χ2n) is 7.67. The third-order valence-electron chi connectivity index (χ3n) is 5.82. The molecule has 0 spiro atoms. The minimum absolute atomic E-state index is 0.0739. The van der Waals surface area contributed by atoms with Gasteiger partial charge in [-0.25, -0.2) is 4.68 Å². The largest absolute Gasteiger partial charge is 0.354 e. The number of fused-ring (bicyclic) bond motifs is 3. The van der Waals surface area contributed by atoms with E-state index in [-0.39, 0.29) is 18.0 Å². The van der Waals surface area contributed by atoms with Crippen molar-refractivity contribution < 1.29 is 4.79 Å². The molecule has 4 rings (SSSR count). The number of benzene rings is 1. The lowest BCUT2D eigenvalue weighted by molar-refractivity contribution is -0.121. The summed E-state index contributed by atoms with van der Waals surface area (Å²) in [4.78, 5) is 27.8. The predicted octanol–water partition coefficient (Wildman–Crippen LogP) is 1.88. The van der Waals surface area contributed by atoms with E-state index in [0.717, 1.165) is 35.8 Å². The van der Waals surface area contributed by atoms with Crippen LogP contribution in [0.2, 0.25) is 0 Å². The maximum atomic E-state index is 12.7. The smallest absolute Gasteiger partial charge is 0.291 e. The molecular weight excluding hydrogens is 354 g/mol. The molecule has 28 heavy (non-hydrogen) atoms. The first-order chi connectivity index (χ1) is 13.6. The predicted molar refractivity (Wildman–Crippen MR) is 110 cm³/mol. The molecule has 3 aromatic rings. The molecule has 1 saturated heterocycles. The third-order valence-corrected chi connectivity index (χ3v) is 5.82. The summed E-state index contributed by atoms with van der Waals surface area (Å²) in [6.45, 7) is 5.32. The summed E-state index contributed by atoms with van der Waals surface area (Å²) in [6.07, 6.45) is 5.18. The quantitative estimate of drug-likeness (QED) is 0.708. The normalized spacial score (nSPS) is 16.1. The molecule has 1 atom stereocenters. The van der Waals surface area contributed by atoms with Crippen LogP contribution in [0.5, 0.6) is 0 Å². The Morgan fingerprint density at radius 2 is 1.96 bits per heavy atom. The monoisotopic (exact) mass is 381 g/mol. The molecule has 3 heterocycles. The number of hydrogen-bond acceptors (Lipinski definition) is 4. The van der Waals surface area contributed by atoms with E-state index >= 15 is 0 Å². The minimum atomic E-state index is -0.191. The summed E-state index contributed by atoms with van der Waals surface area (Å²) >= 11 is 0. The fourth-order valence-corrected chi connectivity index (χ4v) is 4.19. The molecule has 148 valence electrons. The molecule has 1 aliphatic heterocycles. The van der Waals surface area contributed by atoms with E-state index in [9.17, 15) is 9.59 Å². The summed E-state index contributed by atoms with van der Waals surface area (Å²) in [6, 6.07) is 8.24. The second kappa shape index (κ2) is 7.75. The number of nitrogens with one attached hydrogen (secondary N) is 1. The van der Waals surface area contributed by atoms with E-state index in [1.807, 2.05) is 28.8 Å². The van der Waals surface area contributed by atoms with Crippen LogP contribution in [0, 0.1) is 0 Å². The maximum absolute atomic E-state index is 12.7. The molecule has 1 aromatic carbocycles. The van der Waals surface area contributed by atoms with Gasteiger partial charge in [0.15, 0.2) is 0 Å². The summed E-state index contributed by atoms with van der Waals surface area (Å²) in [5.74, 6) is -0.0739. The van der Waals surface area contributed by atoms with E-state index < -0.39 is 0 Å². The Kier molecular flexibility index (Phi) is 5.17. The number of likely N-dealkylation sites (tertiary alicyclic amines) is 1. The summed E-state index contributed by atoms with van der Waals surface area (Å²) < 4.78 is 3.13. The van der Waals surface area contributed by atoms with Gasteiger partial charge in [-0.15, -0.1) is 0 Å². The molecule has 0 bridgehead atoms. The van der Waals surface area contributed by atoms with Crippen LogP contribution in [0.3, 0.4) is 0 Å². The zero-order valence-corrected chi connectivity index (χ0v) is 16.5. The number of amides is 1. The van der Waals surface area contributed by atoms with Crippen LogP contribution in [0.15, 0.2) is 35.3 Å². The van der Waals surface area contributed by atoms with E-state index in [1.165, 1.54) is 17.5 Å². The van der Waals surface area contributed by atoms with Gasteiger partial charge >= 0.3 is 0 Å². The van der Waals surface area contributed by atoms with Crippen molar-refractivity contribution in [2.45, 2.75) is 38.8 Å². The van der Waals surface area contributed by atoms with Crippen molar-refractivity contribution in [1.82, 2.24) is 24.6 Å². The average molecular weight is 381 g/mol. The number of aromatic nitrogens is 3. The Bertz CT molecular complexity index is 1060. The van der Waals surface area contributed by atoms with Crippen LogP contribution in [-0.2, 0) is 18.4 Å².